The fourth-order valence-corrected chi connectivity index (χ4v) is 4.69. The number of benzene rings is 2. The molecule has 4 rings (SSSR count). The average Bonchev–Trinajstić information content (AvgIpc) is 2.99. The molecule has 2 aliphatic heterocycles. The van der Waals surface area contributed by atoms with Crippen LogP contribution in [0.4, 0.5) is 25.0 Å². The van der Waals surface area contributed by atoms with E-state index in [9.17, 15) is 13.6 Å². The van der Waals surface area contributed by atoms with Crippen LogP contribution in [0, 0.1) is 18.6 Å². The summed E-state index contributed by atoms with van der Waals surface area (Å²) in [6, 6.07) is 8.91. The van der Waals surface area contributed by atoms with E-state index in [0.29, 0.717) is 6.54 Å². The summed E-state index contributed by atoms with van der Waals surface area (Å²) < 4.78 is 27.3. The molecule has 1 N–H and O–H groups in total. The first-order chi connectivity index (χ1) is 14.3. The lowest BCUT2D eigenvalue weighted by atomic mass is 9.74. The first-order valence-corrected chi connectivity index (χ1v) is 10.3. The van der Waals surface area contributed by atoms with Gasteiger partial charge >= 0.3 is 6.03 Å². The van der Waals surface area contributed by atoms with Crippen LogP contribution in [-0.4, -0.2) is 37.1 Å². The summed E-state index contributed by atoms with van der Waals surface area (Å²) in [5.41, 5.74) is 4.24. The first-order valence-electron chi connectivity index (χ1n) is 10.3. The van der Waals surface area contributed by atoms with Crippen molar-refractivity contribution in [3.63, 3.8) is 0 Å². The number of urea groups is 1. The Balaban J connectivity index is 1.59. The molecule has 0 atom stereocenters. The molecule has 0 saturated carbocycles. The Bertz CT molecular complexity index is 996. The van der Waals surface area contributed by atoms with Crippen molar-refractivity contribution in [1.82, 2.24) is 4.90 Å². The van der Waals surface area contributed by atoms with Gasteiger partial charge in [-0.2, -0.15) is 0 Å². The van der Waals surface area contributed by atoms with E-state index in [1.165, 1.54) is 11.6 Å². The minimum atomic E-state index is -0.783. The second-order valence-electron chi connectivity index (χ2n) is 8.67. The maximum absolute atomic E-state index is 14.1. The predicted octanol–water partition coefficient (Wildman–Crippen LogP) is 5.24. The summed E-state index contributed by atoms with van der Waals surface area (Å²) in [7, 11) is 0. The molecule has 2 aliphatic rings. The average molecular weight is 411 g/mol. The molecule has 4 nitrogen and oxygen atoms in total. The summed E-state index contributed by atoms with van der Waals surface area (Å²) in [5.74, 6) is -1.46. The van der Waals surface area contributed by atoms with Crippen LogP contribution in [0.1, 0.15) is 30.9 Å². The van der Waals surface area contributed by atoms with Crippen molar-refractivity contribution in [2.45, 2.75) is 32.1 Å². The number of fused-ring (bicyclic) bond motifs is 2. The van der Waals surface area contributed by atoms with E-state index in [-0.39, 0.29) is 11.1 Å². The van der Waals surface area contributed by atoms with Gasteiger partial charge in [0.25, 0.3) is 0 Å². The van der Waals surface area contributed by atoms with Gasteiger partial charge in [-0.05, 0) is 63.5 Å². The molecule has 0 bridgehead atoms. The Kier molecular flexibility index (Phi) is 5.36. The molecule has 1 saturated heterocycles. The lowest BCUT2D eigenvalue weighted by Gasteiger charge is -2.40. The predicted molar refractivity (Wildman–Crippen MR) is 116 cm³/mol. The highest BCUT2D eigenvalue weighted by Crippen LogP contribution is 2.47. The summed E-state index contributed by atoms with van der Waals surface area (Å²) in [5, 5.41) is 2.62. The molecule has 0 aromatic heterocycles. The van der Waals surface area contributed by atoms with E-state index in [1.807, 2.05) is 19.1 Å². The van der Waals surface area contributed by atoms with Crippen molar-refractivity contribution in [2.75, 3.05) is 36.4 Å². The van der Waals surface area contributed by atoms with Gasteiger partial charge in [-0.15, -0.1) is 0 Å². The topological polar surface area (TPSA) is 35.6 Å². The quantitative estimate of drug-likeness (QED) is 0.702. The number of halogens is 2. The highest BCUT2D eigenvalue weighted by atomic mass is 19.1. The Morgan fingerprint density at radius 3 is 2.57 bits per heavy atom. The van der Waals surface area contributed by atoms with Crippen molar-refractivity contribution < 1.29 is 13.6 Å². The molecule has 0 aliphatic carbocycles. The van der Waals surface area contributed by atoms with E-state index >= 15 is 0 Å². The number of carbonyl (C=O) groups is 1. The molecule has 6 heteroatoms. The van der Waals surface area contributed by atoms with Crippen LogP contribution in [-0.2, 0) is 5.41 Å². The van der Waals surface area contributed by atoms with E-state index in [0.717, 1.165) is 61.4 Å². The van der Waals surface area contributed by atoms with Crippen LogP contribution in [0.5, 0.6) is 0 Å². The van der Waals surface area contributed by atoms with Crippen molar-refractivity contribution in [1.29, 1.82) is 0 Å². The molecule has 30 heavy (non-hydrogen) atoms. The monoisotopic (exact) mass is 411 g/mol. The maximum atomic E-state index is 14.1. The number of anilines is 2. The number of piperidine rings is 1. The fraction of sp³-hybridized carbons (Fsp3) is 0.375. The lowest BCUT2D eigenvalue weighted by Crippen LogP contribution is -2.47. The van der Waals surface area contributed by atoms with Crippen LogP contribution in [0.15, 0.2) is 48.6 Å². The molecule has 2 aromatic carbocycles. The normalized spacial score (nSPS) is 17.8. The highest BCUT2D eigenvalue weighted by Gasteiger charge is 2.46. The zero-order valence-corrected chi connectivity index (χ0v) is 17.5. The minimum absolute atomic E-state index is 0.0210. The van der Waals surface area contributed by atoms with Crippen LogP contribution in [0.2, 0.25) is 0 Å². The van der Waals surface area contributed by atoms with Crippen LogP contribution < -0.4 is 10.2 Å². The van der Waals surface area contributed by atoms with Gasteiger partial charge in [0.1, 0.15) is 11.6 Å². The highest BCUT2D eigenvalue weighted by molar-refractivity contribution is 6.03. The number of rotatable bonds is 3. The van der Waals surface area contributed by atoms with Crippen molar-refractivity contribution in [3.8, 4) is 0 Å². The van der Waals surface area contributed by atoms with E-state index in [1.54, 1.807) is 4.90 Å². The number of hydrogen-bond donors (Lipinski definition) is 1. The summed E-state index contributed by atoms with van der Waals surface area (Å²) in [4.78, 5) is 17.2. The molecule has 2 heterocycles. The Hall–Kier alpha value is -2.73. The standard InChI is InChI=1S/C24H27F2N3O/c1-16(2)14-28-10-8-24(9-11-28)15-29(22-7-4-17(3)12-19(22)24)23(30)27-21-6-5-18(25)13-20(21)26/h4-7,12-13H,1,8-11,14-15H2,2-3H3,(H,27,30). The van der Waals surface area contributed by atoms with Gasteiger partial charge in [0, 0.05) is 30.3 Å². The zero-order valence-electron chi connectivity index (χ0n) is 17.5. The number of amides is 2. The number of aryl methyl sites for hydroxylation is 1. The molecule has 158 valence electrons. The van der Waals surface area contributed by atoms with Crippen LogP contribution in [0.3, 0.4) is 0 Å². The molecule has 0 radical (unpaired) electrons. The SMILES string of the molecule is C=C(C)CN1CCC2(CC1)CN(C(=O)Nc1ccc(F)cc1F)c1ccc(C)cc12. The van der Waals surface area contributed by atoms with Crippen LogP contribution in [0.25, 0.3) is 0 Å². The van der Waals surface area contributed by atoms with Gasteiger partial charge in [-0.25, -0.2) is 13.6 Å². The number of hydrogen-bond acceptors (Lipinski definition) is 2. The van der Waals surface area contributed by atoms with Gasteiger partial charge in [0.15, 0.2) is 0 Å². The molecule has 0 unspecified atom stereocenters. The zero-order chi connectivity index (χ0) is 21.5. The van der Waals surface area contributed by atoms with E-state index < -0.39 is 17.7 Å². The molecule has 1 spiro atoms. The maximum Gasteiger partial charge on any atom is 0.326 e. The second-order valence-corrected chi connectivity index (χ2v) is 8.67. The van der Waals surface area contributed by atoms with Crippen LogP contribution >= 0.6 is 0 Å². The smallest absolute Gasteiger partial charge is 0.305 e. The largest absolute Gasteiger partial charge is 0.326 e. The third-order valence-corrected chi connectivity index (χ3v) is 6.20. The number of likely N-dealkylation sites (tertiary alicyclic amines) is 1. The van der Waals surface area contributed by atoms with Gasteiger partial charge in [-0.3, -0.25) is 9.80 Å². The summed E-state index contributed by atoms with van der Waals surface area (Å²) in [6.07, 6.45) is 1.90. The van der Waals surface area contributed by atoms with Gasteiger partial charge in [-0.1, -0.05) is 29.8 Å². The summed E-state index contributed by atoms with van der Waals surface area (Å²) >= 11 is 0. The van der Waals surface area contributed by atoms with E-state index in [2.05, 4.69) is 29.8 Å². The number of nitrogens with one attached hydrogen (secondary N) is 1. The number of carbonyl (C=O) groups excluding carboxylic acids is 1. The summed E-state index contributed by atoms with van der Waals surface area (Å²) in [6.45, 7) is 11.5. The Morgan fingerprint density at radius 1 is 1.17 bits per heavy atom. The molecular formula is C24H27F2N3O. The molecule has 1 fully saturated rings. The number of nitrogens with zero attached hydrogens (tertiary/aromatic N) is 2. The fourth-order valence-electron chi connectivity index (χ4n) is 4.69. The Morgan fingerprint density at radius 2 is 1.90 bits per heavy atom. The van der Waals surface area contributed by atoms with E-state index in [4.69, 9.17) is 0 Å². The second kappa shape index (κ2) is 7.84. The van der Waals surface area contributed by atoms with Crippen molar-refractivity contribution in [3.05, 3.63) is 71.3 Å². The Labute approximate surface area is 176 Å². The third-order valence-electron chi connectivity index (χ3n) is 6.20. The van der Waals surface area contributed by atoms with Gasteiger partial charge in [0.05, 0.1) is 5.69 Å². The molecule has 2 amide bonds. The van der Waals surface area contributed by atoms with Gasteiger partial charge < -0.3 is 5.32 Å². The van der Waals surface area contributed by atoms with Crippen molar-refractivity contribution in [2.24, 2.45) is 0 Å². The van der Waals surface area contributed by atoms with Gasteiger partial charge in [0.2, 0.25) is 0 Å². The van der Waals surface area contributed by atoms with Crippen molar-refractivity contribution >= 4 is 17.4 Å². The molecular weight excluding hydrogens is 384 g/mol. The third kappa shape index (κ3) is 3.84. The first kappa shape index (κ1) is 20.5. The lowest BCUT2D eigenvalue weighted by molar-refractivity contribution is 0.177. The molecule has 2 aromatic rings. The minimum Gasteiger partial charge on any atom is -0.305 e.